The number of ether oxygens (including phenoxy) is 1. The summed E-state index contributed by atoms with van der Waals surface area (Å²) in [5.74, 6) is 1.02. The number of carbonyl (C=O) groups is 1. The molecule has 142 valence electrons. The van der Waals surface area contributed by atoms with E-state index in [1.807, 2.05) is 6.07 Å². The number of benzene rings is 1. The van der Waals surface area contributed by atoms with E-state index >= 15 is 0 Å². The van der Waals surface area contributed by atoms with Crippen molar-refractivity contribution in [3.63, 3.8) is 0 Å². The number of hydrogen-bond acceptors (Lipinski definition) is 4. The van der Waals surface area contributed by atoms with E-state index in [0.29, 0.717) is 37.7 Å². The van der Waals surface area contributed by atoms with Gasteiger partial charge in [-0.25, -0.2) is 8.42 Å². The Labute approximate surface area is 159 Å². The van der Waals surface area contributed by atoms with E-state index in [2.05, 4.69) is 0 Å². The van der Waals surface area contributed by atoms with Crippen molar-refractivity contribution in [2.75, 3.05) is 32.0 Å². The second-order valence-corrected chi connectivity index (χ2v) is 9.72. The molecule has 0 aromatic heterocycles. The molecule has 1 aromatic carbocycles. The highest BCUT2D eigenvalue weighted by Crippen LogP contribution is 2.33. The molecular formula is C18H23ClN2O4S. The van der Waals surface area contributed by atoms with Crippen LogP contribution in [0.3, 0.4) is 0 Å². The van der Waals surface area contributed by atoms with E-state index < -0.39 is 10.0 Å². The number of rotatable bonds is 3. The van der Waals surface area contributed by atoms with Crippen molar-refractivity contribution in [2.24, 2.45) is 0 Å². The Bertz CT molecular complexity index is 827. The molecule has 1 amide bonds. The third kappa shape index (κ3) is 3.44. The maximum absolute atomic E-state index is 12.9. The van der Waals surface area contributed by atoms with Gasteiger partial charge in [-0.05, 0) is 37.0 Å². The van der Waals surface area contributed by atoms with Crippen LogP contribution < -0.4 is 4.74 Å². The molecule has 2 fully saturated rings. The highest BCUT2D eigenvalue weighted by atomic mass is 35.5. The van der Waals surface area contributed by atoms with Crippen LogP contribution in [0.25, 0.3) is 0 Å². The van der Waals surface area contributed by atoms with E-state index in [-0.39, 0.29) is 24.1 Å². The lowest BCUT2D eigenvalue weighted by Crippen LogP contribution is -2.50. The van der Waals surface area contributed by atoms with Gasteiger partial charge in [0.05, 0.1) is 18.8 Å². The van der Waals surface area contributed by atoms with Gasteiger partial charge < -0.3 is 9.64 Å². The molecule has 8 heteroatoms. The van der Waals surface area contributed by atoms with Gasteiger partial charge in [0, 0.05) is 42.7 Å². The number of halogens is 1. The molecule has 0 bridgehead atoms. The Morgan fingerprint density at radius 1 is 1.27 bits per heavy atom. The van der Waals surface area contributed by atoms with Gasteiger partial charge in [0.2, 0.25) is 15.9 Å². The van der Waals surface area contributed by atoms with Gasteiger partial charge in [-0.2, -0.15) is 4.31 Å². The zero-order chi connectivity index (χ0) is 18.3. The van der Waals surface area contributed by atoms with Crippen LogP contribution in [0.15, 0.2) is 12.1 Å². The summed E-state index contributed by atoms with van der Waals surface area (Å²) >= 11 is 6.18. The van der Waals surface area contributed by atoms with Crippen molar-refractivity contribution in [1.29, 1.82) is 0 Å². The summed E-state index contributed by atoms with van der Waals surface area (Å²) < 4.78 is 31.7. The summed E-state index contributed by atoms with van der Waals surface area (Å²) in [4.78, 5) is 14.7. The van der Waals surface area contributed by atoms with Gasteiger partial charge in [0.25, 0.3) is 0 Å². The summed E-state index contributed by atoms with van der Waals surface area (Å²) in [6.07, 6.45) is 3.38. The fourth-order valence-electron chi connectivity index (χ4n) is 4.24. The number of sulfonamides is 1. The van der Waals surface area contributed by atoms with Gasteiger partial charge in [-0.1, -0.05) is 11.6 Å². The lowest BCUT2D eigenvalue weighted by atomic mass is 10.0. The summed E-state index contributed by atoms with van der Waals surface area (Å²) in [5, 5.41) is 0.622. The minimum atomic E-state index is -3.15. The minimum Gasteiger partial charge on any atom is -0.493 e. The van der Waals surface area contributed by atoms with Crippen molar-refractivity contribution >= 4 is 27.5 Å². The van der Waals surface area contributed by atoms with Gasteiger partial charge in [-0.3, -0.25) is 4.79 Å². The lowest BCUT2D eigenvalue weighted by molar-refractivity contribution is -0.132. The maximum Gasteiger partial charge on any atom is 0.227 e. The predicted octanol–water partition coefficient (Wildman–Crippen LogP) is 1.84. The van der Waals surface area contributed by atoms with E-state index in [1.54, 1.807) is 15.3 Å². The largest absolute Gasteiger partial charge is 0.493 e. The molecule has 1 atom stereocenters. The Morgan fingerprint density at radius 3 is 2.88 bits per heavy atom. The van der Waals surface area contributed by atoms with E-state index in [0.717, 1.165) is 36.1 Å². The fraction of sp³-hybridized carbons (Fsp3) is 0.611. The third-order valence-corrected chi connectivity index (χ3v) is 7.68. The van der Waals surface area contributed by atoms with Crippen molar-refractivity contribution < 1.29 is 17.9 Å². The van der Waals surface area contributed by atoms with Gasteiger partial charge >= 0.3 is 0 Å². The number of nitrogens with zero attached hydrogens (tertiary/aromatic N) is 2. The van der Waals surface area contributed by atoms with Gasteiger partial charge in [0.15, 0.2) is 0 Å². The monoisotopic (exact) mass is 398 g/mol. The van der Waals surface area contributed by atoms with Gasteiger partial charge in [0.1, 0.15) is 5.75 Å². The van der Waals surface area contributed by atoms with Crippen LogP contribution in [-0.4, -0.2) is 61.6 Å². The summed E-state index contributed by atoms with van der Waals surface area (Å²) in [6.45, 7) is 2.34. The molecule has 3 heterocycles. The second kappa shape index (κ2) is 7.02. The summed E-state index contributed by atoms with van der Waals surface area (Å²) in [6, 6.07) is 3.60. The topological polar surface area (TPSA) is 66.9 Å². The van der Waals surface area contributed by atoms with E-state index in [4.69, 9.17) is 16.3 Å². The van der Waals surface area contributed by atoms with E-state index in [1.165, 1.54) is 0 Å². The summed E-state index contributed by atoms with van der Waals surface area (Å²) in [5.41, 5.74) is 1.88. The SMILES string of the molecule is O=C(Cc1cc(Cl)cc2c1OCC2)N1CCCC(N2CCCS2(=O)=O)C1. The molecule has 1 unspecified atom stereocenters. The highest BCUT2D eigenvalue weighted by molar-refractivity contribution is 7.89. The van der Waals surface area contributed by atoms with Crippen LogP contribution in [0.5, 0.6) is 5.75 Å². The van der Waals surface area contributed by atoms with Gasteiger partial charge in [-0.15, -0.1) is 0 Å². The summed E-state index contributed by atoms with van der Waals surface area (Å²) in [7, 11) is -3.15. The first-order chi connectivity index (χ1) is 12.4. The van der Waals surface area contributed by atoms with Crippen LogP contribution in [0.2, 0.25) is 5.02 Å². The van der Waals surface area contributed by atoms with E-state index in [9.17, 15) is 13.2 Å². The molecule has 0 N–H and O–H groups in total. The number of piperidine rings is 1. The third-order valence-electron chi connectivity index (χ3n) is 5.46. The molecule has 26 heavy (non-hydrogen) atoms. The zero-order valence-electron chi connectivity index (χ0n) is 14.6. The number of likely N-dealkylation sites (tertiary alicyclic amines) is 1. The van der Waals surface area contributed by atoms with Crippen LogP contribution in [0.4, 0.5) is 0 Å². The normalized spacial score (nSPS) is 25.1. The Morgan fingerprint density at radius 2 is 2.12 bits per heavy atom. The van der Waals surface area contributed by atoms with Crippen LogP contribution in [0, 0.1) is 0 Å². The number of carbonyl (C=O) groups excluding carboxylic acids is 1. The van der Waals surface area contributed by atoms with Crippen molar-refractivity contribution in [3.05, 3.63) is 28.3 Å². The maximum atomic E-state index is 12.9. The number of amides is 1. The molecular weight excluding hydrogens is 376 g/mol. The average Bonchev–Trinajstić information content (AvgIpc) is 3.20. The molecule has 3 aliphatic rings. The zero-order valence-corrected chi connectivity index (χ0v) is 16.2. The Balaban J connectivity index is 1.47. The molecule has 1 aromatic rings. The molecule has 2 saturated heterocycles. The molecule has 0 radical (unpaired) electrons. The average molecular weight is 399 g/mol. The first-order valence-electron chi connectivity index (χ1n) is 9.15. The first-order valence-corrected chi connectivity index (χ1v) is 11.1. The number of hydrogen-bond donors (Lipinski definition) is 0. The van der Waals surface area contributed by atoms with Crippen molar-refractivity contribution in [3.8, 4) is 5.75 Å². The molecule has 0 spiro atoms. The molecule has 6 nitrogen and oxygen atoms in total. The standard InChI is InChI=1S/C18H23ClN2O4S/c19-15-9-13-4-7-25-18(13)14(10-15)11-17(22)20-5-1-3-16(12-20)21-6-2-8-26(21,23)24/h9-10,16H,1-8,11-12H2. The second-order valence-electron chi connectivity index (χ2n) is 7.24. The van der Waals surface area contributed by atoms with Crippen LogP contribution in [0.1, 0.15) is 30.4 Å². The minimum absolute atomic E-state index is 0.00580. The molecule has 0 saturated carbocycles. The van der Waals surface area contributed by atoms with Crippen molar-refractivity contribution in [1.82, 2.24) is 9.21 Å². The molecule has 3 aliphatic heterocycles. The Kier molecular flexibility index (Phi) is 4.88. The first kappa shape index (κ1) is 18.1. The Hall–Kier alpha value is -1.31. The smallest absolute Gasteiger partial charge is 0.227 e. The number of fused-ring (bicyclic) bond motifs is 1. The lowest BCUT2D eigenvalue weighted by Gasteiger charge is -2.36. The molecule has 0 aliphatic carbocycles. The quantitative estimate of drug-likeness (QED) is 0.779. The van der Waals surface area contributed by atoms with Crippen molar-refractivity contribution in [2.45, 2.75) is 38.1 Å². The predicted molar refractivity (Wildman–Crippen MR) is 99.1 cm³/mol. The van der Waals surface area contributed by atoms with Crippen LogP contribution >= 0.6 is 11.6 Å². The van der Waals surface area contributed by atoms with Crippen LogP contribution in [-0.2, 0) is 27.7 Å². The highest BCUT2D eigenvalue weighted by Gasteiger charge is 2.37. The fourth-order valence-corrected chi connectivity index (χ4v) is 6.26. The molecule has 4 rings (SSSR count).